The van der Waals surface area contributed by atoms with Crippen molar-refractivity contribution in [3.05, 3.63) is 63.6 Å². The molecule has 1 fully saturated rings. The zero-order valence-corrected chi connectivity index (χ0v) is 13.6. The average molecular weight is 323 g/mol. The van der Waals surface area contributed by atoms with Crippen molar-refractivity contribution < 1.29 is 4.79 Å². The molecule has 1 aliphatic heterocycles. The Morgan fingerprint density at radius 2 is 1.88 bits per heavy atom. The van der Waals surface area contributed by atoms with E-state index < -0.39 is 0 Å². The smallest absolute Gasteiger partial charge is 0.274 e. The number of nitrogens with zero attached hydrogens (tertiary/aromatic N) is 2. The molecule has 1 aromatic carbocycles. The normalized spacial score (nSPS) is 19.1. The van der Waals surface area contributed by atoms with Crippen LogP contribution in [0, 0.1) is 0 Å². The first-order chi connectivity index (χ1) is 11.7. The summed E-state index contributed by atoms with van der Waals surface area (Å²) in [6.07, 6.45) is 5.97. The van der Waals surface area contributed by atoms with Crippen molar-refractivity contribution >= 4 is 5.91 Å². The molecule has 124 valence electrons. The molecule has 1 amide bonds. The quantitative estimate of drug-likeness (QED) is 0.877. The van der Waals surface area contributed by atoms with E-state index in [9.17, 15) is 9.59 Å². The van der Waals surface area contributed by atoms with Crippen LogP contribution in [0.5, 0.6) is 0 Å². The third kappa shape index (κ3) is 2.54. The third-order valence-corrected chi connectivity index (χ3v) is 5.44. The molecule has 2 heterocycles. The summed E-state index contributed by atoms with van der Waals surface area (Å²) >= 11 is 0. The molecule has 1 spiro atoms. The lowest BCUT2D eigenvalue weighted by Crippen LogP contribution is -2.49. The molecule has 0 radical (unpaired) electrons. The Labute approximate surface area is 140 Å². The monoisotopic (exact) mass is 323 g/mol. The van der Waals surface area contributed by atoms with E-state index in [1.165, 1.54) is 42.5 Å². The molecule has 5 nitrogen and oxygen atoms in total. The first-order valence-corrected chi connectivity index (χ1v) is 8.61. The second-order valence-corrected chi connectivity index (χ2v) is 6.97. The number of nitrogens with one attached hydrogen (secondary N) is 1. The van der Waals surface area contributed by atoms with Gasteiger partial charge in [-0.25, -0.2) is 5.10 Å². The second-order valence-electron chi connectivity index (χ2n) is 6.97. The molecule has 24 heavy (non-hydrogen) atoms. The number of benzene rings is 1. The van der Waals surface area contributed by atoms with Gasteiger partial charge in [-0.15, -0.1) is 0 Å². The van der Waals surface area contributed by atoms with Crippen LogP contribution in [0.2, 0.25) is 0 Å². The number of hydrogen-bond acceptors (Lipinski definition) is 3. The van der Waals surface area contributed by atoms with Gasteiger partial charge in [-0.05, 0) is 30.0 Å². The van der Waals surface area contributed by atoms with Gasteiger partial charge >= 0.3 is 0 Å². The van der Waals surface area contributed by atoms with Crippen LogP contribution in [0.4, 0.5) is 0 Å². The zero-order chi connectivity index (χ0) is 16.6. The van der Waals surface area contributed by atoms with E-state index in [0.717, 1.165) is 19.4 Å². The summed E-state index contributed by atoms with van der Waals surface area (Å²) in [5.41, 5.74) is 2.75. The number of aromatic nitrogens is 2. The summed E-state index contributed by atoms with van der Waals surface area (Å²) in [5, 5.41) is 6.27. The number of carbonyl (C=O) groups is 1. The molecular weight excluding hydrogens is 302 g/mol. The van der Waals surface area contributed by atoms with Gasteiger partial charge in [0.2, 0.25) is 0 Å². The Hall–Kier alpha value is -2.43. The van der Waals surface area contributed by atoms with Gasteiger partial charge < -0.3 is 4.90 Å². The van der Waals surface area contributed by atoms with Crippen molar-refractivity contribution in [3.63, 3.8) is 0 Å². The zero-order valence-electron chi connectivity index (χ0n) is 13.6. The van der Waals surface area contributed by atoms with Crippen molar-refractivity contribution in [2.24, 2.45) is 0 Å². The van der Waals surface area contributed by atoms with Gasteiger partial charge in [0.25, 0.3) is 11.5 Å². The number of aromatic amines is 1. The van der Waals surface area contributed by atoms with E-state index in [-0.39, 0.29) is 16.9 Å². The van der Waals surface area contributed by atoms with Crippen molar-refractivity contribution in [2.45, 2.75) is 44.1 Å². The Morgan fingerprint density at radius 3 is 2.62 bits per heavy atom. The summed E-state index contributed by atoms with van der Waals surface area (Å²) in [6, 6.07) is 11.4. The highest BCUT2D eigenvalue weighted by atomic mass is 16.2. The number of H-pyrrole nitrogens is 1. The maximum Gasteiger partial charge on any atom is 0.274 e. The molecule has 2 aromatic rings. The molecule has 1 aromatic heterocycles. The van der Waals surface area contributed by atoms with E-state index in [0.29, 0.717) is 12.2 Å². The van der Waals surface area contributed by atoms with E-state index >= 15 is 0 Å². The molecule has 4 rings (SSSR count). The highest BCUT2D eigenvalue weighted by molar-refractivity contribution is 5.92. The highest BCUT2D eigenvalue weighted by Gasteiger charge is 2.41. The standard InChI is InChI=1S/C19H21N3O2/c23-17-9-8-16(20-21-17)18(24)22-12-14-6-2-3-7-15(14)19(13-22)10-4-1-5-11-19/h2-3,6-9H,1,4-5,10-13H2,(H,21,23). The lowest BCUT2D eigenvalue weighted by Gasteiger charge is -2.46. The summed E-state index contributed by atoms with van der Waals surface area (Å²) in [7, 11) is 0. The summed E-state index contributed by atoms with van der Waals surface area (Å²) in [5.74, 6) is -0.106. The van der Waals surface area contributed by atoms with Gasteiger partial charge in [0.05, 0.1) is 0 Å². The number of fused-ring (bicyclic) bond motifs is 2. The van der Waals surface area contributed by atoms with Crippen LogP contribution in [0.3, 0.4) is 0 Å². The molecule has 0 bridgehead atoms. The van der Waals surface area contributed by atoms with Gasteiger partial charge in [0.15, 0.2) is 0 Å². The van der Waals surface area contributed by atoms with Crippen molar-refractivity contribution in [2.75, 3.05) is 6.54 Å². The van der Waals surface area contributed by atoms with Crippen LogP contribution < -0.4 is 5.56 Å². The first-order valence-electron chi connectivity index (χ1n) is 8.61. The minimum absolute atomic E-state index is 0.0743. The fraction of sp³-hybridized carbons (Fsp3) is 0.421. The van der Waals surface area contributed by atoms with E-state index in [1.807, 2.05) is 11.0 Å². The third-order valence-electron chi connectivity index (χ3n) is 5.44. The maximum atomic E-state index is 12.9. The topological polar surface area (TPSA) is 66.1 Å². The minimum atomic E-state index is -0.292. The second kappa shape index (κ2) is 5.89. The van der Waals surface area contributed by atoms with Crippen molar-refractivity contribution in [1.29, 1.82) is 0 Å². The highest BCUT2D eigenvalue weighted by Crippen LogP contribution is 2.44. The lowest BCUT2D eigenvalue weighted by molar-refractivity contribution is 0.0628. The molecule has 1 N–H and O–H groups in total. The predicted molar refractivity (Wildman–Crippen MR) is 90.8 cm³/mol. The van der Waals surface area contributed by atoms with Crippen molar-refractivity contribution in [3.8, 4) is 0 Å². The lowest BCUT2D eigenvalue weighted by atomic mass is 9.66. The molecule has 1 aliphatic carbocycles. The fourth-order valence-electron chi connectivity index (χ4n) is 4.31. The van der Waals surface area contributed by atoms with Gasteiger partial charge in [-0.3, -0.25) is 9.59 Å². The summed E-state index contributed by atoms with van der Waals surface area (Å²) in [4.78, 5) is 26.0. The van der Waals surface area contributed by atoms with Crippen LogP contribution in [-0.4, -0.2) is 27.5 Å². The molecule has 0 saturated heterocycles. The Morgan fingerprint density at radius 1 is 1.08 bits per heavy atom. The van der Waals surface area contributed by atoms with Crippen LogP contribution in [0.15, 0.2) is 41.2 Å². The Bertz CT molecular complexity index is 801. The molecule has 0 atom stereocenters. The molecule has 5 heteroatoms. The summed E-state index contributed by atoms with van der Waals surface area (Å²) < 4.78 is 0. The van der Waals surface area contributed by atoms with Crippen LogP contribution in [0.1, 0.15) is 53.7 Å². The average Bonchev–Trinajstić information content (AvgIpc) is 2.62. The largest absolute Gasteiger partial charge is 0.332 e. The number of amides is 1. The minimum Gasteiger partial charge on any atom is -0.332 e. The molecular formula is C19H21N3O2. The van der Waals surface area contributed by atoms with Gasteiger partial charge in [0, 0.05) is 24.6 Å². The predicted octanol–water partition coefficient (Wildman–Crippen LogP) is 2.63. The Kier molecular flexibility index (Phi) is 3.71. The molecule has 1 saturated carbocycles. The molecule has 0 unspecified atom stereocenters. The van der Waals surface area contributed by atoms with Gasteiger partial charge in [-0.1, -0.05) is 43.5 Å². The van der Waals surface area contributed by atoms with E-state index in [2.05, 4.69) is 28.4 Å². The number of carbonyl (C=O) groups excluding carboxylic acids is 1. The molecule has 2 aliphatic rings. The SMILES string of the molecule is O=C(c1ccc(=O)[nH]n1)N1Cc2ccccc2C2(CCCCC2)C1. The van der Waals surface area contributed by atoms with Gasteiger partial charge in [0.1, 0.15) is 5.69 Å². The maximum absolute atomic E-state index is 12.9. The number of rotatable bonds is 1. The van der Waals surface area contributed by atoms with Crippen LogP contribution >= 0.6 is 0 Å². The fourth-order valence-corrected chi connectivity index (χ4v) is 4.31. The van der Waals surface area contributed by atoms with Gasteiger partial charge in [-0.2, -0.15) is 5.10 Å². The van der Waals surface area contributed by atoms with E-state index in [1.54, 1.807) is 0 Å². The summed E-state index contributed by atoms with van der Waals surface area (Å²) in [6.45, 7) is 1.35. The Balaban J connectivity index is 1.70. The van der Waals surface area contributed by atoms with Crippen LogP contribution in [-0.2, 0) is 12.0 Å². The van der Waals surface area contributed by atoms with Crippen LogP contribution in [0.25, 0.3) is 0 Å². The van der Waals surface area contributed by atoms with Crippen molar-refractivity contribution in [1.82, 2.24) is 15.1 Å². The first kappa shape index (κ1) is 15.1. The van der Waals surface area contributed by atoms with E-state index in [4.69, 9.17) is 0 Å². The number of hydrogen-bond donors (Lipinski definition) is 1.